The molecular weight excluding hydrogens is 312 g/mol. The Bertz CT molecular complexity index is 709. The van der Waals surface area contributed by atoms with Crippen LogP contribution in [0.1, 0.15) is 32.4 Å². The second kappa shape index (κ2) is 7.25. The molecule has 0 fully saturated rings. The van der Waals surface area contributed by atoms with Gasteiger partial charge in [-0.15, -0.1) is 6.42 Å². The summed E-state index contributed by atoms with van der Waals surface area (Å²) >= 11 is 0. The summed E-state index contributed by atoms with van der Waals surface area (Å²) in [6.45, 7) is 11.1. The van der Waals surface area contributed by atoms with E-state index in [1.807, 2.05) is 54.6 Å². The van der Waals surface area contributed by atoms with E-state index in [4.69, 9.17) is 15.6 Å². The van der Waals surface area contributed by atoms with Crippen LogP contribution >= 0.6 is 0 Å². The van der Waals surface area contributed by atoms with Crippen molar-refractivity contribution in [3.63, 3.8) is 0 Å². The van der Waals surface area contributed by atoms with Crippen LogP contribution in [0, 0.1) is 12.3 Å². The fourth-order valence-corrected chi connectivity index (χ4v) is 3.18. The van der Waals surface area contributed by atoms with E-state index >= 15 is 0 Å². The Kier molecular flexibility index (Phi) is 5.53. The highest BCUT2D eigenvalue weighted by molar-refractivity contribution is 6.74. The van der Waals surface area contributed by atoms with Gasteiger partial charge >= 0.3 is 0 Å². The van der Waals surface area contributed by atoms with E-state index in [-0.39, 0.29) is 11.1 Å². The van der Waals surface area contributed by atoms with Gasteiger partial charge in [0, 0.05) is 0 Å². The highest BCUT2D eigenvalue weighted by Gasteiger charge is 2.39. The van der Waals surface area contributed by atoms with Gasteiger partial charge in [-0.1, -0.05) is 57.0 Å². The normalized spacial score (nSPS) is 13.2. The van der Waals surface area contributed by atoms with Gasteiger partial charge in [0.1, 0.15) is 17.6 Å². The number of terminal acetylenes is 1. The van der Waals surface area contributed by atoms with Crippen LogP contribution in [0.5, 0.6) is 11.5 Å². The second-order valence-electron chi connectivity index (χ2n) is 7.41. The summed E-state index contributed by atoms with van der Waals surface area (Å²) < 4.78 is 12.3. The molecule has 3 heteroatoms. The molecule has 0 radical (unpaired) electrons. The highest BCUT2D eigenvalue weighted by atomic mass is 28.4. The van der Waals surface area contributed by atoms with Gasteiger partial charge in [0.05, 0.1) is 0 Å². The number of hydrogen-bond acceptors (Lipinski definition) is 2. The molecule has 24 heavy (non-hydrogen) atoms. The Balaban J connectivity index is 2.21. The maximum atomic E-state index is 6.39. The summed E-state index contributed by atoms with van der Waals surface area (Å²) in [4.78, 5) is 0. The first-order chi connectivity index (χ1) is 11.2. The zero-order valence-corrected chi connectivity index (χ0v) is 16.2. The third-order valence-corrected chi connectivity index (χ3v) is 8.95. The van der Waals surface area contributed by atoms with Crippen LogP contribution in [0.15, 0.2) is 54.6 Å². The summed E-state index contributed by atoms with van der Waals surface area (Å²) in [6, 6.07) is 17.6. The molecule has 2 aromatic carbocycles. The van der Waals surface area contributed by atoms with Crippen molar-refractivity contribution in [3.05, 3.63) is 60.2 Å². The molecule has 2 rings (SSSR count). The molecule has 0 saturated carbocycles. The van der Waals surface area contributed by atoms with E-state index in [2.05, 4.69) is 39.8 Å². The first-order valence-corrected chi connectivity index (χ1v) is 11.1. The molecule has 0 aliphatic heterocycles. The Morgan fingerprint density at radius 3 is 2.17 bits per heavy atom. The summed E-state index contributed by atoms with van der Waals surface area (Å²) in [5.41, 5.74) is 0.954. The number of ether oxygens (including phenoxy) is 1. The molecule has 0 heterocycles. The molecular formula is C21H26O2Si. The van der Waals surface area contributed by atoms with Crippen molar-refractivity contribution >= 4 is 8.32 Å². The Morgan fingerprint density at radius 2 is 1.58 bits per heavy atom. The van der Waals surface area contributed by atoms with Gasteiger partial charge < -0.3 is 9.16 Å². The van der Waals surface area contributed by atoms with E-state index in [9.17, 15) is 0 Å². The Morgan fingerprint density at radius 1 is 0.958 bits per heavy atom. The van der Waals surface area contributed by atoms with Crippen LogP contribution in [0.4, 0.5) is 0 Å². The SMILES string of the molecule is C#C[C@@H](O[Si](C)(C)C(C)(C)C)c1cccc(Oc2ccccc2)c1. The van der Waals surface area contributed by atoms with Gasteiger partial charge in [0.25, 0.3) is 0 Å². The lowest BCUT2D eigenvalue weighted by atomic mass is 10.1. The number of para-hydroxylation sites is 1. The van der Waals surface area contributed by atoms with E-state index in [0.717, 1.165) is 17.1 Å². The van der Waals surface area contributed by atoms with Crippen molar-refractivity contribution < 1.29 is 9.16 Å². The topological polar surface area (TPSA) is 18.5 Å². The minimum Gasteiger partial charge on any atom is -0.457 e. The molecule has 2 aromatic rings. The fourth-order valence-electron chi connectivity index (χ4n) is 2.04. The largest absolute Gasteiger partial charge is 0.457 e. The predicted molar refractivity (Wildman–Crippen MR) is 103 cm³/mol. The zero-order valence-electron chi connectivity index (χ0n) is 15.2. The summed E-state index contributed by atoms with van der Waals surface area (Å²) in [5.74, 6) is 4.36. The van der Waals surface area contributed by atoms with Gasteiger partial charge in [0.2, 0.25) is 0 Å². The summed E-state index contributed by atoms with van der Waals surface area (Å²) in [7, 11) is -1.95. The highest BCUT2D eigenvalue weighted by Crippen LogP contribution is 2.40. The van der Waals surface area contributed by atoms with E-state index in [0.29, 0.717) is 0 Å². The number of benzene rings is 2. The standard InChI is InChI=1S/C21H26O2Si/c1-7-20(23-24(5,6)21(2,3)4)17-12-11-15-19(16-17)22-18-13-9-8-10-14-18/h1,8-16,20H,2-6H3/t20-/m1/s1. The quantitative estimate of drug-likeness (QED) is 0.479. The van der Waals surface area contributed by atoms with Crippen LogP contribution in [0.3, 0.4) is 0 Å². The molecule has 126 valence electrons. The van der Waals surface area contributed by atoms with Crippen molar-refractivity contribution in [1.29, 1.82) is 0 Å². The van der Waals surface area contributed by atoms with Gasteiger partial charge in [-0.25, -0.2) is 0 Å². The molecule has 0 aliphatic rings. The molecule has 0 amide bonds. The lowest BCUT2D eigenvalue weighted by Gasteiger charge is -2.38. The zero-order chi connectivity index (χ0) is 17.8. The van der Waals surface area contributed by atoms with Gasteiger partial charge in [-0.05, 0) is 48.0 Å². The smallest absolute Gasteiger partial charge is 0.194 e. The molecule has 0 spiro atoms. The molecule has 0 aromatic heterocycles. The number of hydrogen-bond donors (Lipinski definition) is 0. The van der Waals surface area contributed by atoms with E-state index in [1.165, 1.54) is 0 Å². The van der Waals surface area contributed by atoms with E-state index in [1.54, 1.807) is 0 Å². The van der Waals surface area contributed by atoms with Crippen LogP contribution in [0.2, 0.25) is 18.1 Å². The van der Waals surface area contributed by atoms with Crippen molar-refractivity contribution in [1.82, 2.24) is 0 Å². The van der Waals surface area contributed by atoms with Crippen molar-refractivity contribution in [2.45, 2.75) is 45.0 Å². The first kappa shape index (κ1) is 18.3. The molecule has 0 aliphatic carbocycles. The minimum absolute atomic E-state index is 0.111. The van der Waals surface area contributed by atoms with Crippen LogP contribution in [-0.4, -0.2) is 8.32 Å². The van der Waals surface area contributed by atoms with Crippen LogP contribution in [-0.2, 0) is 4.43 Å². The van der Waals surface area contributed by atoms with Crippen molar-refractivity contribution in [2.75, 3.05) is 0 Å². The molecule has 0 N–H and O–H groups in total. The Labute approximate surface area is 147 Å². The average Bonchev–Trinajstić information content (AvgIpc) is 2.53. The first-order valence-electron chi connectivity index (χ1n) is 8.20. The molecule has 1 atom stereocenters. The summed E-state index contributed by atoms with van der Waals surface area (Å²) in [5, 5.41) is 0.111. The third kappa shape index (κ3) is 4.50. The van der Waals surface area contributed by atoms with Gasteiger partial charge in [0.15, 0.2) is 8.32 Å². The molecule has 0 unspecified atom stereocenters. The molecule has 2 nitrogen and oxygen atoms in total. The maximum absolute atomic E-state index is 6.39. The lowest BCUT2D eigenvalue weighted by molar-refractivity contribution is 0.238. The summed E-state index contributed by atoms with van der Waals surface area (Å²) in [6.07, 6.45) is 5.41. The second-order valence-corrected chi connectivity index (χ2v) is 12.2. The third-order valence-electron chi connectivity index (χ3n) is 4.51. The average molecular weight is 339 g/mol. The maximum Gasteiger partial charge on any atom is 0.194 e. The lowest BCUT2D eigenvalue weighted by Crippen LogP contribution is -2.41. The van der Waals surface area contributed by atoms with Crippen molar-refractivity contribution in [3.8, 4) is 23.8 Å². The van der Waals surface area contributed by atoms with Gasteiger partial charge in [-0.2, -0.15) is 0 Å². The van der Waals surface area contributed by atoms with E-state index < -0.39 is 8.32 Å². The monoisotopic (exact) mass is 338 g/mol. The van der Waals surface area contributed by atoms with Crippen LogP contribution < -0.4 is 4.74 Å². The Hall–Kier alpha value is -2.02. The minimum atomic E-state index is -1.95. The molecule has 0 bridgehead atoms. The number of rotatable bonds is 5. The van der Waals surface area contributed by atoms with Gasteiger partial charge in [-0.3, -0.25) is 0 Å². The molecule has 0 saturated heterocycles. The van der Waals surface area contributed by atoms with Crippen molar-refractivity contribution in [2.24, 2.45) is 0 Å². The predicted octanol–water partition coefficient (Wildman–Crippen LogP) is 6.18. The van der Waals surface area contributed by atoms with Crippen LogP contribution in [0.25, 0.3) is 0 Å². The fraction of sp³-hybridized carbons (Fsp3) is 0.333.